The van der Waals surface area contributed by atoms with E-state index in [9.17, 15) is 4.79 Å². The molecule has 2 aromatic carbocycles. The standard InChI is InChI=1S/C27H31N3O2/c1-29(2)16-17-32-27-14-12-22(23-10-7-15-28-19-23)18-25(27)26(31)13-11-21-8-5-6-9-24(21)20-30(3)4/h5-15,18-19H,16-17,20H2,1-4H3. The molecule has 3 aromatic rings. The quantitative estimate of drug-likeness (QED) is 0.347. The van der Waals surface area contributed by atoms with Crippen LogP contribution in [0.2, 0.25) is 0 Å². The van der Waals surface area contributed by atoms with Crippen molar-refractivity contribution in [3.8, 4) is 16.9 Å². The molecule has 32 heavy (non-hydrogen) atoms. The second kappa shape index (κ2) is 11.4. The van der Waals surface area contributed by atoms with E-state index in [4.69, 9.17) is 4.74 Å². The number of hydrogen-bond donors (Lipinski definition) is 0. The van der Waals surface area contributed by atoms with E-state index in [1.165, 1.54) is 5.56 Å². The molecule has 0 fully saturated rings. The van der Waals surface area contributed by atoms with E-state index in [1.54, 1.807) is 18.5 Å². The minimum absolute atomic E-state index is 0.0877. The third-order valence-electron chi connectivity index (χ3n) is 4.99. The van der Waals surface area contributed by atoms with Gasteiger partial charge in [0.2, 0.25) is 0 Å². The number of aromatic nitrogens is 1. The van der Waals surface area contributed by atoms with Crippen molar-refractivity contribution in [1.82, 2.24) is 14.8 Å². The maximum Gasteiger partial charge on any atom is 0.189 e. The van der Waals surface area contributed by atoms with Crippen LogP contribution in [0.4, 0.5) is 0 Å². The number of pyridine rings is 1. The van der Waals surface area contributed by atoms with Crippen LogP contribution in [0, 0.1) is 0 Å². The first-order chi connectivity index (χ1) is 15.4. The Kier molecular flexibility index (Phi) is 8.31. The van der Waals surface area contributed by atoms with E-state index in [1.807, 2.05) is 87.7 Å². The molecule has 0 atom stereocenters. The van der Waals surface area contributed by atoms with E-state index >= 15 is 0 Å². The van der Waals surface area contributed by atoms with Crippen molar-refractivity contribution in [2.45, 2.75) is 6.54 Å². The summed E-state index contributed by atoms with van der Waals surface area (Å²) in [4.78, 5) is 21.6. The highest BCUT2D eigenvalue weighted by molar-refractivity contribution is 6.09. The lowest BCUT2D eigenvalue weighted by Gasteiger charge is -2.14. The van der Waals surface area contributed by atoms with Gasteiger partial charge in [-0.1, -0.05) is 42.5 Å². The van der Waals surface area contributed by atoms with E-state index < -0.39 is 0 Å². The van der Waals surface area contributed by atoms with Crippen molar-refractivity contribution in [2.24, 2.45) is 0 Å². The van der Waals surface area contributed by atoms with Gasteiger partial charge in [0.25, 0.3) is 0 Å². The summed E-state index contributed by atoms with van der Waals surface area (Å²) in [6, 6.07) is 17.7. The smallest absolute Gasteiger partial charge is 0.189 e. The van der Waals surface area contributed by atoms with E-state index in [0.717, 1.165) is 29.8 Å². The molecule has 0 bridgehead atoms. The third-order valence-corrected chi connectivity index (χ3v) is 4.99. The number of benzene rings is 2. The molecule has 166 valence electrons. The zero-order valence-electron chi connectivity index (χ0n) is 19.3. The average Bonchev–Trinajstić information content (AvgIpc) is 2.78. The molecular formula is C27H31N3O2. The van der Waals surface area contributed by atoms with Crippen molar-refractivity contribution >= 4 is 11.9 Å². The Balaban J connectivity index is 1.91. The summed E-state index contributed by atoms with van der Waals surface area (Å²) < 4.78 is 5.97. The molecule has 0 aliphatic rings. The average molecular weight is 430 g/mol. The number of carbonyl (C=O) groups excluding carboxylic acids is 1. The van der Waals surface area contributed by atoms with Crippen LogP contribution in [0.3, 0.4) is 0 Å². The van der Waals surface area contributed by atoms with Gasteiger partial charge in [-0.2, -0.15) is 0 Å². The van der Waals surface area contributed by atoms with Gasteiger partial charge in [-0.05, 0) is 69.2 Å². The Morgan fingerprint density at radius 3 is 2.50 bits per heavy atom. The molecule has 1 heterocycles. The first kappa shape index (κ1) is 23.4. The zero-order valence-corrected chi connectivity index (χ0v) is 19.3. The van der Waals surface area contributed by atoms with Crippen molar-refractivity contribution in [3.63, 3.8) is 0 Å². The molecule has 0 amide bonds. The minimum atomic E-state index is -0.0877. The summed E-state index contributed by atoms with van der Waals surface area (Å²) in [6.07, 6.45) is 7.06. The predicted octanol–water partition coefficient (Wildman–Crippen LogP) is 4.65. The molecule has 0 aliphatic heterocycles. The van der Waals surface area contributed by atoms with E-state index in [2.05, 4.69) is 16.0 Å². The van der Waals surface area contributed by atoms with E-state index in [0.29, 0.717) is 17.9 Å². The Bertz CT molecular complexity index is 1060. The maximum absolute atomic E-state index is 13.2. The molecule has 0 unspecified atom stereocenters. The molecule has 0 saturated carbocycles. The molecule has 0 N–H and O–H groups in total. The fourth-order valence-corrected chi connectivity index (χ4v) is 3.34. The summed E-state index contributed by atoms with van der Waals surface area (Å²) in [7, 11) is 8.06. The van der Waals surface area contributed by atoms with Gasteiger partial charge in [-0.15, -0.1) is 0 Å². The number of nitrogens with zero attached hydrogens (tertiary/aromatic N) is 3. The highest BCUT2D eigenvalue weighted by atomic mass is 16.5. The molecule has 0 radical (unpaired) electrons. The molecule has 5 heteroatoms. The number of hydrogen-bond acceptors (Lipinski definition) is 5. The van der Waals surface area contributed by atoms with E-state index in [-0.39, 0.29) is 5.78 Å². The van der Waals surface area contributed by atoms with Crippen LogP contribution in [0.25, 0.3) is 17.2 Å². The summed E-state index contributed by atoms with van der Waals surface area (Å²) in [5.74, 6) is 0.506. The third kappa shape index (κ3) is 6.61. The Hall–Kier alpha value is -3.28. The number of likely N-dealkylation sites (N-methyl/N-ethyl adjacent to an activating group) is 1. The number of ether oxygens (including phenoxy) is 1. The van der Waals surface area contributed by atoms with Crippen LogP contribution in [0.5, 0.6) is 5.75 Å². The molecule has 3 rings (SSSR count). The zero-order chi connectivity index (χ0) is 22.9. The predicted molar refractivity (Wildman–Crippen MR) is 131 cm³/mol. The maximum atomic E-state index is 13.2. The lowest BCUT2D eigenvalue weighted by atomic mass is 10.00. The van der Waals surface area contributed by atoms with Gasteiger partial charge < -0.3 is 14.5 Å². The van der Waals surface area contributed by atoms with Gasteiger partial charge in [0.15, 0.2) is 5.78 Å². The number of allylic oxidation sites excluding steroid dienone is 1. The number of ketones is 1. The van der Waals surface area contributed by atoms with Gasteiger partial charge in [-0.25, -0.2) is 0 Å². The molecule has 5 nitrogen and oxygen atoms in total. The van der Waals surface area contributed by atoms with Crippen LogP contribution in [0.15, 0.2) is 73.1 Å². The van der Waals surface area contributed by atoms with Crippen molar-refractivity contribution in [2.75, 3.05) is 41.3 Å². The summed E-state index contributed by atoms with van der Waals surface area (Å²) >= 11 is 0. The van der Waals surface area contributed by atoms with Crippen molar-refractivity contribution in [3.05, 3.63) is 89.8 Å². The highest BCUT2D eigenvalue weighted by Crippen LogP contribution is 2.27. The Morgan fingerprint density at radius 1 is 0.969 bits per heavy atom. The van der Waals surface area contributed by atoms with Gasteiger partial charge >= 0.3 is 0 Å². The first-order valence-corrected chi connectivity index (χ1v) is 10.7. The lowest BCUT2D eigenvalue weighted by Crippen LogP contribution is -2.20. The molecule has 0 spiro atoms. The normalized spacial score (nSPS) is 11.4. The Labute approximate surface area is 191 Å². The lowest BCUT2D eigenvalue weighted by molar-refractivity contribution is 0.104. The monoisotopic (exact) mass is 429 g/mol. The molecule has 1 aromatic heterocycles. The Morgan fingerprint density at radius 2 is 1.78 bits per heavy atom. The van der Waals surface area contributed by atoms with Gasteiger partial charge in [-0.3, -0.25) is 9.78 Å². The fourth-order valence-electron chi connectivity index (χ4n) is 3.34. The van der Waals surface area contributed by atoms with Gasteiger partial charge in [0.05, 0.1) is 5.56 Å². The molecular weight excluding hydrogens is 398 g/mol. The SMILES string of the molecule is CN(C)CCOc1ccc(-c2cccnc2)cc1C(=O)C=Cc1ccccc1CN(C)C. The molecule has 0 saturated heterocycles. The van der Waals surface area contributed by atoms with Crippen LogP contribution >= 0.6 is 0 Å². The topological polar surface area (TPSA) is 45.7 Å². The van der Waals surface area contributed by atoms with Crippen LogP contribution < -0.4 is 4.74 Å². The number of rotatable bonds is 10. The second-order valence-electron chi connectivity index (χ2n) is 8.24. The largest absolute Gasteiger partial charge is 0.491 e. The summed E-state index contributed by atoms with van der Waals surface area (Å²) in [6.45, 7) is 2.09. The van der Waals surface area contributed by atoms with Crippen LogP contribution in [-0.2, 0) is 6.54 Å². The van der Waals surface area contributed by atoms with Crippen LogP contribution in [-0.4, -0.2) is 61.9 Å². The number of carbonyl (C=O) groups is 1. The first-order valence-electron chi connectivity index (χ1n) is 10.7. The van der Waals surface area contributed by atoms with Gasteiger partial charge in [0.1, 0.15) is 12.4 Å². The highest BCUT2D eigenvalue weighted by Gasteiger charge is 2.13. The minimum Gasteiger partial charge on any atom is -0.491 e. The summed E-state index contributed by atoms with van der Waals surface area (Å²) in [5.41, 5.74) is 4.65. The second-order valence-corrected chi connectivity index (χ2v) is 8.24. The van der Waals surface area contributed by atoms with Gasteiger partial charge in [0, 0.05) is 31.0 Å². The van der Waals surface area contributed by atoms with Crippen molar-refractivity contribution in [1.29, 1.82) is 0 Å². The van der Waals surface area contributed by atoms with Crippen molar-refractivity contribution < 1.29 is 9.53 Å². The van der Waals surface area contributed by atoms with Crippen LogP contribution in [0.1, 0.15) is 21.5 Å². The summed E-state index contributed by atoms with van der Waals surface area (Å²) in [5, 5.41) is 0. The fraction of sp³-hybridized carbons (Fsp3) is 0.259. The molecule has 0 aliphatic carbocycles.